The van der Waals surface area contributed by atoms with E-state index < -0.39 is 5.54 Å². The lowest BCUT2D eigenvalue weighted by atomic mass is 9.80. The van der Waals surface area contributed by atoms with Crippen LogP contribution in [0.4, 0.5) is 0 Å². The van der Waals surface area contributed by atoms with Crippen molar-refractivity contribution in [1.82, 2.24) is 15.5 Å². The molecule has 0 aliphatic heterocycles. The van der Waals surface area contributed by atoms with E-state index in [1.807, 2.05) is 7.05 Å². The molecule has 19 heavy (non-hydrogen) atoms. The van der Waals surface area contributed by atoms with Crippen molar-refractivity contribution in [3.8, 4) is 0 Å². The van der Waals surface area contributed by atoms with Crippen molar-refractivity contribution in [2.24, 2.45) is 0 Å². The number of rotatable bonds is 5. The molecule has 0 atom stereocenters. The Bertz CT molecular complexity index is 304. The van der Waals surface area contributed by atoms with Crippen LogP contribution in [0.3, 0.4) is 0 Å². The second kappa shape index (κ2) is 8.38. The zero-order valence-electron chi connectivity index (χ0n) is 12.1. The highest BCUT2D eigenvalue weighted by molar-refractivity contribution is 5.90. The van der Waals surface area contributed by atoms with E-state index in [-0.39, 0.29) is 24.2 Å². The van der Waals surface area contributed by atoms with Gasteiger partial charge in [-0.3, -0.25) is 9.59 Å². The monoisotopic (exact) mass is 291 g/mol. The van der Waals surface area contributed by atoms with Gasteiger partial charge in [0.25, 0.3) is 0 Å². The van der Waals surface area contributed by atoms with Gasteiger partial charge in [-0.05, 0) is 19.9 Å². The standard InChI is InChI=1S/C13H25N3O2.ClH/c1-11(17)15-13(7-5-4-6-8-13)12(18)16(3)10-9-14-2;/h14H,4-10H2,1-3H3,(H,15,17);1H. The molecule has 1 saturated carbocycles. The summed E-state index contributed by atoms with van der Waals surface area (Å²) < 4.78 is 0. The van der Waals surface area contributed by atoms with Crippen LogP contribution in [-0.2, 0) is 9.59 Å². The van der Waals surface area contributed by atoms with E-state index in [1.165, 1.54) is 6.92 Å². The largest absolute Gasteiger partial charge is 0.342 e. The zero-order chi connectivity index (χ0) is 13.6. The van der Waals surface area contributed by atoms with Crippen molar-refractivity contribution in [3.05, 3.63) is 0 Å². The summed E-state index contributed by atoms with van der Waals surface area (Å²) in [6.07, 6.45) is 4.68. The van der Waals surface area contributed by atoms with E-state index in [4.69, 9.17) is 0 Å². The Morgan fingerprint density at radius 3 is 2.26 bits per heavy atom. The van der Waals surface area contributed by atoms with E-state index in [0.29, 0.717) is 6.54 Å². The van der Waals surface area contributed by atoms with Crippen LogP contribution in [0.15, 0.2) is 0 Å². The number of amides is 2. The first-order chi connectivity index (χ1) is 8.52. The Morgan fingerprint density at radius 2 is 1.79 bits per heavy atom. The van der Waals surface area contributed by atoms with Gasteiger partial charge in [-0.2, -0.15) is 0 Å². The third-order valence-electron chi connectivity index (χ3n) is 3.58. The summed E-state index contributed by atoms with van der Waals surface area (Å²) in [5, 5.41) is 5.93. The predicted octanol–water partition coefficient (Wildman–Crippen LogP) is 0.925. The molecule has 6 heteroatoms. The van der Waals surface area contributed by atoms with Crippen LogP contribution >= 0.6 is 12.4 Å². The molecule has 1 aliphatic carbocycles. The van der Waals surface area contributed by atoms with Crippen LogP contribution in [0.1, 0.15) is 39.0 Å². The van der Waals surface area contributed by atoms with Gasteiger partial charge < -0.3 is 15.5 Å². The minimum atomic E-state index is -0.660. The summed E-state index contributed by atoms with van der Waals surface area (Å²) in [7, 11) is 3.67. The van der Waals surface area contributed by atoms with E-state index in [0.717, 1.165) is 38.6 Å². The van der Waals surface area contributed by atoms with Crippen molar-refractivity contribution in [2.45, 2.75) is 44.6 Å². The van der Waals surface area contributed by atoms with Crippen LogP contribution in [0.2, 0.25) is 0 Å². The van der Waals surface area contributed by atoms with Crippen LogP contribution < -0.4 is 10.6 Å². The summed E-state index contributed by atoms with van der Waals surface area (Å²) in [4.78, 5) is 25.6. The van der Waals surface area contributed by atoms with Crippen LogP contribution in [-0.4, -0.2) is 49.4 Å². The first kappa shape index (κ1) is 18.2. The molecule has 0 saturated heterocycles. The van der Waals surface area contributed by atoms with E-state index in [1.54, 1.807) is 11.9 Å². The molecular weight excluding hydrogens is 266 g/mol. The van der Waals surface area contributed by atoms with Gasteiger partial charge in [0, 0.05) is 27.1 Å². The molecule has 1 rings (SSSR count). The summed E-state index contributed by atoms with van der Waals surface area (Å²) in [6, 6.07) is 0. The molecule has 0 heterocycles. The maximum absolute atomic E-state index is 12.5. The minimum absolute atomic E-state index is 0. The molecule has 1 fully saturated rings. The first-order valence-corrected chi connectivity index (χ1v) is 6.71. The van der Waals surface area contributed by atoms with Crippen LogP contribution in [0.5, 0.6) is 0 Å². The number of carbonyl (C=O) groups is 2. The van der Waals surface area contributed by atoms with Gasteiger partial charge in [0.05, 0.1) is 0 Å². The second-order valence-corrected chi connectivity index (χ2v) is 5.15. The highest BCUT2D eigenvalue weighted by Crippen LogP contribution is 2.29. The van der Waals surface area contributed by atoms with Crippen molar-refractivity contribution >= 4 is 24.2 Å². The summed E-state index contributed by atoms with van der Waals surface area (Å²) in [5.41, 5.74) is -0.660. The molecule has 0 aromatic rings. The third-order valence-corrected chi connectivity index (χ3v) is 3.58. The molecule has 0 aromatic carbocycles. The molecule has 0 spiro atoms. The Balaban J connectivity index is 0.00000324. The quantitative estimate of drug-likeness (QED) is 0.792. The maximum atomic E-state index is 12.5. The van der Waals surface area contributed by atoms with E-state index >= 15 is 0 Å². The van der Waals surface area contributed by atoms with E-state index in [9.17, 15) is 9.59 Å². The molecule has 1 aliphatic rings. The van der Waals surface area contributed by atoms with Gasteiger partial charge in [-0.25, -0.2) is 0 Å². The molecule has 112 valence electrons. The molecule has 0 radical (unpaired) electrons. The lowest BCUT2D eigenvalue weighted by molar-refractivity contribution is -0.141. The topological polar surface area (TPSA) is 61.4 Å². The summed E-state index contributed by atoms with van der Waals surface area (Å²) >= 11 is 0. The van der Waals surface area contributed by atoms with Gasteiger partial charge in [-0.1, -0.05) is 19.3 Å². The average molecular weight is 292 g/mol. The highest BCUT2D eigenvalue weighted by atomic mass is 35.5. The SMILES string of the molecule is CNCCN(C)C(=O)C1(NC(C)=O)CCCCC1.Cl. The summed E-state index contributed by atoms with van der Waals surface area (Å²) in [6.45, 7) is 2.91. The van der Waals surface area contributed by atoms with Gasteiger partial charge in [-0.15, -0.1) is 12.4 Å². The highest BCUT2D eigenvalue weighted by Gasteiger charge is 2.41. The lowest BCUT2D eigenvalue weighted by Crippen LogP contribution is -2.60. The van der Waals surface area contributed by atoms with Crippen molar-refractivity contribution in [1.29, 1.82) is 0 Å². The number of halogens is 1. The average Bonchev–Trinajstić information content (AvgIpc) is 2.35. The Hall–Kier alpha value is -0.810. The normalized spacial score (nSPS) is 17.2. The molecule has 0 unspecified atom stereocenters. The maximum Gasteiger partial charge on any atom is 0.248 e. The molecule has 5 nitrogen and oxygen atoms in total. The second-order valence-electron chi connectivity index (χ2n) is 5.15. The van der Waals surface area contributed by atoms with Crippen molar-refractivity contribution in [3.63, 3.8) is 0 Å². The van der Waals surface area contributed by atoms with Gasteiger partial charge in [0.1, 0.15) is 5.54 Å². The summed E-state index contributed by atoms with van der Waals surface area (Å²) in [5.74, 6) is -0.0695. The number of hydrogen-bond acceptors (Lipinski definition) is 3. The molecular formula is C13H26ClN3O2. The fourth-order valence-electron chi connectivity index (χ4n) is 2.63. The van der Waals surface area contributed by atoms with Gasteiger partial charge >= 0.3 is 0 Å². The zero-order valence-corrected chi connectivity index (χ0v) is 12.9. The molecule has 0 bridgehead atoms. The Morgan fingerprint density at radius 1 is 1.21 bits per heavy atom. The van der Waals surface area contributed by atoms with Gasteiger partial charge in [0.2, 0.25) is 11.8 Å². The smallest absolute Gasteiger partial charge is 0.248 e. The van der Waals surface area contributed by atoms with Crippen LogP contribution in [0.25, 0.3) is 0 Å². The minimum Gasteiger partial charge on any atom is -0.342 e. The molecule has 2 amide bonds. The Kier molecular flexibility index (Phi) is 8.02. The number of likely N-dealkylation sites (N-methyl/N-ethyl adjacent to an activating group) is 2. The fraction of sp³-hybridized carbons (Fsp3) is 0.846. The number of nitrogens with zero attached hydrogens (tertiary/aromatic N) is 1. The van der Waals surface area contributed by atoms with Crippen LogP contribution in [0, 0.1) is 0 Å². The third kappa shape index (κ3) is 4.99. The number of carbonyl (C=O) groups excluding carboxylic acids is 2. The molecule has 0 aromatic heterocycles. The lowest BCUT2D eigenvalue weighted by Gasteiger charge is -2.39. The van der Waals surface area contributed by atoms with Crippen molar-refractivity contribution < 1.29 is 9.59 Å². The van der Waals surface area contributed by atoms with E-state index in [2.05, 4.69) is 10.6 Å². The molecule has 2 N–H and O–H groups in total. The van der Waals surface area contributed by atoms with Crippen molar-refractivity contribution in [2.75, 3.05) is 27.2 Å². The number of hydrogen-bond donors (Lipinski definition) is 2. The first-order valence-electron chi connectivity index (χ1n) is 6.71. The predicted molar refractivity (Wildman–Crippen MR) is 78.4 cm³/mol. The van der Waals surface area contributed by atoms with Gasteiger partial charge in [0.15, 0.2) is 0 Å². The fourth-order valence-corrected chi connectivity index (χ4v) is 2.63. The number of nitrogens with one attached hydrogen (secondary N) is 2. The Labute approximate surface area is 121 Å².